The first-order valence-corrected chi connectivity index (χ1v) is 5.84. The predicted molar refractivity (Wildman–Crippen MR) is 67.2 cm³/mol. The number of carboxylic acid groups (broad SMARTS) is 1. The van der Waals surface area contributed by atoms with Crippen molar-refractivity contribution in [2.45, 2.75) is 32.2 Å². The molecule has 6 nitrogen and oxygen atoms in total. The molecule has 0 aliphatic rings. The number of rotatable bonds is 9. The molecule has 102 valence electrons. The molecule has 0 rings (SSSR count). The minimum atomic E-state index is -1.07. The Hall–Kier alpha value is -1.69. The number of carbonyl (C=O) groups is 3. The van der Waals surface area contributed by atoms with E-state index in [0.717, 1.165) is 25.1 Å². The molecule has 1 amide bonds. The number of amides is 1. The summed E-state index contributed by atoms with van der Waals surface area (Å²) in [6.45, 7) is 2.13. The topological polar surface area (TPSA) is 95.5 Å². The van der Waals surface area contributed by atoms with Gasteiger partial charge in [-0.3, -0.25) is 9.59 Å². The molecule has 0 fully saturated rings. The summed E-state index contributed by atoms with van der Waals surface area (Å²) in [6.07, 6.45) is 4.08. The summed E-state index contributed by atoms with van der Waals surface area (Å²) in [6, 6.07) is -0.911. The van der Waals surface area contributed by atoms with Crippen LogP contribution in [0.15, 0.2) is 12.2 Å². The average molecular weight is 256 g/mol. The summed E-state index contributed by atoms with van der Waals surface area (Å²) < 4.78 is 0. The number of hydrogen-bond acceptors (Lipinski definition) is 4. The summed E-state index contributed by atoms with van der Waals surface area (Å²) in [5.74, 6) is -1.89. The Labute approximate surface area is 106 Å². The normalized spacial score (nSPS) is 12.3. The molecule has 0 saturated heterocycles. The minimum Gasteiger partial charge on any atom is -0.480 e. The van der Waals surface area contributed by atoms with Crippen LogP contribution in [0.2, 0.25) is 0 Å². The van der Waals surface area contributed by atoms with Gasteiger partial charge in [-0.1, -0.05) is 0 Å². The number of unbranched alkanes of at least 4 members (excludes halogenated alkanes) is 1. The fourth-order valence-corrected chi connectivity index (χ4v) is 1.32. The Morgan fingerprint density at radius 2 is 1.89 bits per heavy atom. The zero-order chi connectivity index (χ0) is 14.0. The van der Waals surface area contributed by atoms with E-state index in [9.17, 15) is 14.4 Å². The van der Waals surface area contributed by atoms with E-state index in [1.165, 1.54) is 6.92 Å². The Balaban J connectivity index is 4.15. The third-order valence-corrected chi connectivity index (χ3v) is 2.25. The van der Waals surface area contributed by atoms with Crippen molar-refractivity contribution < 1.29 is 19.5 Å². The molecule has 0 heterocycles. The molecule has 1 atom stereocenters. The largest absolute Gasteiger partial charge is 0.480 e. The Kier molecular flexibility index (Phi) is 8.47. The van der Waals surface area contributed by atoms with Crippen LogP contribution in [0.5, 0.6) is 0 Å². The molecule has 0 aliphatic heterocycles. The maximum Gasteiger partial charge on any atom is 0.326 e. The Morgan fingerprint density at radius 1 is 1.22 bits per heavy atom. The molecule has 0 saturated carbocycles. The second kappa shape index (κ2) is 9.35. The van der Waals surface area contributed by atoms with Crippen LogP contribution in [0.25, 0.3) is 0 Å². The van der Waals surface area contributed by atoms with E-state index >= 15 is 0 Å². The summed E-state index contributed by atoms with van der Waals surface area (Å²) >= 11 is 0. The number of allylic oxidation sites excluding steroid dienone is 1. The summed E-state index contributed by atoms with van der Waals surface area (Å²) in [7, 11) is 1.82. The molecule has 0 aliphatic carbocycles. The van der Waals surface area contributed by atoms with Crippen molar-refractivity contribution in [2.75, 3.05) is 13.6 Å². The molecule has 0 aromatic rings. The van der Waals surface area contributed by atoms with Crippen molar-refractivity contribution in [3.8, 4) is 0 Å². The van der Waals surface area contributed by atoms with E-state index in [-0.39, 0.29) is 5.78 Å². The Morgan fingerprint density at radius 3 is 2.39 bits per heavy atom. The van der Waals surface area contributed by atoms with Gasteiger partial charge in [0.15, 0.2) is 5.78 Å². The monoisotopic (exact) mass is 256 g/mol. The number of nitrogens with one attached hydrogen (secondary N) is 2. The number of aliphatic carboxylic acids is 1. The lowest BCUT2D eigenvalue weighted by molar-refractivity contribution is -0.141. The zero-order valence-corrected chi connectivity index (χ0v) is 10.7. The first-order chi connectivity index (χ1) is 8.47. The number of hydrogen-bond donors (Lipinski definition) is 3. The van der Waals surface area contributed by atoms with Crippen LogP contribution in [0.1, 0.15) is 26.2 Å². The van der Waals surface area contributed by atoms with Crippen LogP contribution < -0.4 is 10.6 Å². The van der Waals surface area contributed by atoms with Crippen LogP contribution in [0.4, 0.5) is 0 Å². The van der Waals surface area contributed by atoms with Crippen molar-refractivity contribution in [2.24, 2.45) is 0 Å². The van der Waals surface area contributed by atoms with E-state index in [0.29, 0.717) is 12.8 Å². The van der Waals surface area contributed by atoms with Gasteiger partial charge in [0.25, 0.3) is 0 Å². The van der Waals surface area contributed by atoms with E-state index in [1.807, 2.05) is 7.05 Å². The molecule has 0 spiro atoms. The van der Waals surface area contributed by atoms with Crippen molar-refractivity contribution in [1.82, 2.24) is 10.6 Å². The first kappa shape index (κ1) is 16.3. The van der Waals surface area contributed by atoms with Crippen molar-refractivity contribution in [1.29, 1.82) is 0 Å². The highest BCUT2D eigenvalue weighted by atomic mass is 16.4. The second-order valence-corrected chi connectivity index (χ2v) is 3.94. The summed E-state index contributed by atoms with van der Waals surface area (Å²) in [5, 5.41) is 14.2. The molecular weight excluding hydrogens is 236 g/mol. The van der Waals surface area contributed by atoms with Crippen molar-refractivity contribution in [3.63, 3.8) is 0 Å². The second-order valence-electron chi connectivity index (χ2n) is 3.94. The van der Waals surface area contributed by atoms with Gasteiger partial charge < -0.3 is 15.7 Å². The molecule has 6 heteroatoms. The lowest BCUT2D eigenvalue weighted by atomic mass is 10.1. The molecule has 3 N–H and O–H groups in total. The van der Waals surface area contributed by atoms with Gasteiger partial charge in [-0.15, -0.1) is 0 Å². The SMILES string of the molecule is CNCCCC[C@@H](NC(=O)/C=C/C(C)=O)C(=O)O. The Bertz CT molecular complexity index is 326. The van der Waals surface area contributed by atoms with E-state index in [4.69, 9.17) is 5.11 Å². The highest BCUT2D eigenvalue weighted by molar-refractivity contribution is 5.97. The maximum atomic E-state index is 11.3. The van der Waals surface area contributed by atoms with Crippen LogP contribution in [-0.4, -0.2) is 42.4 Å². The molecule has 0 aromatic heterocycles. The van der Waals surface area contributed by atoms with Gasteiger partial charge in [0.2, 0.25) is 5.91 Å². The number of carbonyl (C=O) groups excluding carboxylic acids is 2. The molecule has 0 bridgehead atoms. The van der Waals surface area contributed by atoms with Gasteiger partial charge in [0, 0.05) is 6.08 Å². The average Bonchev–Trinajstić information content (AvgIpc) is 2.30. The van der Waals surface area contributed by atoms with Crippen LogP contribution in [-0.2, 0) is 14.4 Å². The van der Waals surface area contributed by atoms with Gasteiger partial charge >= 0.3 is 5.97 Å². The standard InChI is InChI=1S/C12H20N2O4/c1-9(15)6-7-11(16)14-10(12(17)18)5-3-4-8-13-2/h6-7,10,13H,3-5,8H2,1-2H3,(H,14,16)(H,17,18)/b7-6+/t10-/m1/s1. The number of carboxylic acids is 1. The molecule has 0 unspecified atom stereocenters. The minimum absolute atomic E-state index is 0.258. The summed E-state index contributed by atoms with van der Waals surface area (Å²) in [4.78, 5) is 32.9. The highest BCUT2D eigenvalue weighted by Crippen LogP contribution is 2.01. The number of ketones is 1. The van der Waals surface area contributed by atoms with Crippen LogP contribution in [0.3, 0.4) is 0 Å². The van der Waals surface area contributed by atoms with Crippen molar-refractivity contribution in [3.05, 3.63) is 12.2 Å². The molecule has 18 heavy (non-hydrogen) atoms. The van der Waals surface area contributed by atoms with E-state index < -0.39 is 17.9 Å². The van der Waals surface area contributed by atoms with Crippen LogP contribution in [0, 0.1) is 0 Å². The highest BCUT2D eigenvalue weighted by Gasteiger charge is 2.17. The third-order valence-electron chi connectivity index (χ3n) is 2.25. The van der Waals surface area contributed by atoms with E-state index in [1.54, 1.807) is 0 Å². The van der Waals surface area contributed by atoms with Gasteiger partial charge in [-0.2, -0.15) is 0 Å². The lowest BCUT2D eigenvalue weighted by Gasteiger charge is -2.12. The molecular formula is C12H20N2O4. The fourth-order valence-electron chi connectivity index (χ4n) is 1.32. The zero-order valence-electron chi connectivity index (χ0n) is 10.7. The quantitative estimate of drug-likeness (QED) is 0.401. The smallest absolute Gasteiger partial charge is 0.326 e. The van der Waals surface area contributed by atoms with Gasteiger partial charge in [0.05, 0.1) is 0 Å². The predicted octanol–water partition coefficient (Wildman–Crippen LogP) is 0.0907. The lowest BCUT2D eigenvalue weighted by Crippen LogP contribution is -2.40. The van der Waals surface area contributed by atoms with Gasteiger partial charge in [0.1, 0.15) is 6.04 Å². The van der Waals surface area contributed by atoms with Gasteiger partial charge in [-0.05, 0) is 45.9 Å². The molecule has 0 aromatic carbocycles. The maximum absolute atomic E-state index is 11.3. The summed E-state index contributed by atoms with van der Waals surface area (Å²) in [5.41, 5.74) is 0. The van der Waals surface area contributed by atoms with Crippen LogP contribution >= 0.6 is 0 Å². The fraction of sp³-hybridized carbons (Fsp3) is 0.583. The van der Waals surface area contributed by atoms with E-state index in [2.05, 4.69) is 10.6 Å². The third kappa shape index (κ3) is 8.46. The van der Waals surface area contributed by atoms with Gasteiger partial charge in [-0.25, -0.2) is 4.79 Å². The van der Waals surface area contributed by atoms with Crippen molar-refractivity contribution >= 4 is 17.7 Å². The molecule has 0 radical (unpaired) electrons. The first-order valence-electron chi connectivity index (χ1n) is 5.84.